The van der Waals surface area contributed by atoms with Gasteiger partial charge in [-0.15, -0.1) is 0 Å². The largest absolute Gasteiger partial charge is 0.516 e. The van der Waals surface area contributed by atoms with Gasteiger partial charge in [0.15, 0.2) is 0 Å². The third-order valence-electron chi connectivity index (χ3n) is 3.69. The highest BCUT2D eigenvalue weighted by Gasteiger charge is 2.17. The zero-order chi connectivity index (χ0) is 18.4. The molecule has 0 spiro atoms. The number of aliphatic hydroxyl groups is 1. The summed E-state index contributed by atoms with van der Waals surface area (Å²) in [5.41, 5.74) is 0.758. The number of anilines is 1. The van der Waals surface area contributed by atoms with Gasteiger partial charge in [0.1, 0.15) is 29.8 Å². The van der Waals surface area contributed by atoms with Crippen molar-refractivity contribution in [2.24, 2.45) is 0 Å². The molecule has 0 aliphatic carbocycles. The highest BCUT2D eigenvalue weighted by Crippen LogP contribution is 2.29. The first-order chi connectivity index (χ1) is 12.7. The molecule has 0 radical (unpaired) electrons. The maximum Gasteiger partial charge on any atom is 0.225 e. The standard InChI is InChI=1S/C17H19ClN4O4/c18-17-21-15-13(16(22-17)20-8-11(19)4-5-23)2-1-3-14(15)26-10-12-9-24-6-7-25-12/h1-5,12,19,23H,6-10H2,(H,20,21,22)/b5-4-,19-11?. The van der Waals surface area contributed by atoms with E-state index in [9.17, 15) is 0 Å². The van der Waals surface area contributed by atoms with Crippen LogP contribution in [0.15, 0.2) is 30.5 Å². The SMILES string of the molecule is N=C(/C=C\O)CNc1nc(Cl)nc2c(OCC3COCCO3)cccc12. The molecule has 9 heteroatoms. The molecule has 138 valence electrons. The van der Waals surface area contributed by atoms with Gasteiger partial charge in [-0.2, -0.15) is 0 Å². The second kappa shape index (κ2) is 8.79. The van der Waals surface area contributed by atoms with Crippen molar-refractivity contribution >= 4 is 34.0 Å². The van der Waals surface area contributed by atoms with Crippen LogP contribution in [0.1, 0.15) is 0 Å². The quantitative estimate of drug-likeness (QED) is 0.386. The number of hydrogen-bond acceptors (Lipinski definition) is 8. The van der Waals surface area contributed by atoms with Crippen LogP contribution in [0, 0.1) is 5.41 Å². The predicted octanol–water partition coefficient (Wildman–Crippen LogP) is 2.58. The summed E-state index contributed by atoms with van der Waals surface area (Å²) in [6, 6.07) is 5.47. The van der Waals surface area contributed by atoms with Gasteiger partial charge in [-0.25, -0.2) is 9.97 Å². The van der Waals surface area contributed by atoms with Crippen LogP contribution in [0.4, 0.5) is 5.82 Å². The van der Waals surface area contributed by atoms with Crippen molar-refractivity contribution in [3.63, 3.8) is 0 Å². The number of rotatable bonds is 7. The maximum absolute atomic E-state index is 8.72. The summed E-state index contributed by atoms with van der Waals surface area (Å²) in [6.45, 7) is 2.17. The molecule has 1 aliphatic rings. The first-order valence-electron chi connectivity index (χ1n) is 8.08. The average Bonchev–Trinajstić information content (AvgIpc) is 2.65. The molecule has 1 saturated heterocycles. The van der Waals surface area contributed by atoms with E-state index in [-0.39, 0.29) is 23.6 Å². The lowest BCUT2D eigenvalue weighted by Gasteiger charge is -2.23. The van der Waals surface area contributed by atoms with Crippen LogP contribution in [-0.2, 0) is 9.47 Å². The number of ether oxygens (including phenoxy) is 3. The van der Waals surface area contributed by atoms with Crippen LogP contribution in [0.2, 0.25) is 5.28 Å². The van der Waals surface area contributed by atoms with Gasteiger partial charge in [-0.3, -0.25) is 0 Å². The Balaban J connectivity index is 1.80. The second-order valence-electron chi connectivity index (χ2n) is 5.57. The molecule has 1 aromatic heterocycles. The van der Waals surface area contributed by atoms with Crippen LogP contribution in [0.3, 0.4) is 0 Å². The summed E-state index contributed by atoms with van der Waals surface area (Å²) in [5, 5.41) is 20.2. The Hall–Kier alpha value is -2.42. The highest BCUT2D eigenvalue weighted by atomic mass is 35.5. The lowest BCUT2D eigenvalue weighted by Crippen LogP contribution is -2.33. The third kappa shape index (κ3) is 4.60. The van der Waals surface area contributed by atoms with Crippen molar-refractivity contribution in [1.82, 2.24) is 9.97 Å². The molecule has 1 atom stereocenters. The molecular formula is C17H19ClN4O4. The van der Waals surface area contributed by atoms with Gasteiger partial charge < -0.3 is 30.0 Å². The fraction of sp³-hybridized carbons (Fsp3) is 0.353. The zero-order valence-corrected chi connectivity index (χ0v) is 14.7. The molecule has 3 N–H and O–H groups in total. The zero-order valence-electron chi connectivity index (χ0n) is 13.9. The van der Waals surface area contributed by atoms with Crippen molar-refractivity contribution in [3.8, 4) is 5.75 Å². The predicted molar refractivity (Wildman–Crippen MR) is 98.6 cm³/mol. The number of nitrogens with one attached hydrogen (secondary N) is 2. The van der Waals surface area contributed by atoms with Crippen LogP contribution in [0.25, 0.3) is 10.9 Å². The van der Waals surface area contributed by atoms with E-state index in [2.05, 4.69) is 15.3 Å². The molecule has 0 amide bonds. The molecule has 26 heavy (non-hydrogen) atoms. The molecule has 1 unspecified atom stereocenters. The van der Waals surface area contributed by atoms with E-state index < -0.39 is 0 Å². The molecule has 2 aromatic rings. The first-order valence-corrected chi connectivity index (χ1v) is 8.45. The Morgan fingerprint density at radius 2 is 2.31 bits per heavy atom. The van der Waals surface area contributed by atoms with E-state index in [0.717, 1.165) is 6.26 Å². The normalized spacial score (nSPS) is 17.5. The van der Waals surface area contributed by atoms with Gasteiger partial charge >= 0.3 is 0 Å². The topological polar surface area (TPSA) is 110 Å². The maximum atomic E-state index is 8.72. The van der Waals surface area contributed by atoms with Crippen LogP contribution >= 0.6 is 11.6 Å². The summed E-state index contributed by atoms with van der Waals surface area (Å²) in [5.74, 6) is 1.05. The molecule has 1 aliphatic heterocycles. The second-order valence-corrected chi connectivity index (χ2v) is 5.90. The molecule has 3 rings (SSSR count). The van der Waals surface area contributed by atoms with E-state index in [0.29, 0.717) is 48.9 Å². The third-order valence-corrected chi connectivity index (χ3v) is 3.86. The van der Waals surface area contributed by atoms with Crippen LogP contribution < -0.4 is 10.1 Å². The van der Waals surface area contributed by atoms with Crippen LogP contribution in [-0.4, -0.2) is 59.9 Å². The molecule has 1 aromatic carbocycles. The van der Waals surface area contributed by atoms with Crippen molar-refractivity contribution in [2.75, 3.05) is 38.3 Å². The minimum absolute atomic E-state index is 0.0672. The summed E-state index contributed by atoms with van der Waals surface area (Å²) in [4.78, 5) is 8.46. The highest BCUT2D eigenvalue weighted by molar-refractivity contribution is 6.29. The molecule has 8 nitrogen and oxygen atoms in total. The van der Waals surface area contributed by atoms with E-state index >= 15 is 0 Å². The Bertz CT molecular complexity index is 809. The molecule has 2 heterocycles. The minimum atomic E-state index is -0.125. The van der Waals surface area contributed by atoms with Gasteiger partial charge in [0, 0.05) is 5.39 Å². The average molecular weight is 379 g/mol. The number of halogens is 1. The van der Waals surface area contributed by atoms with E-state index in [1.165, 1.54) is 6.08 Å². The summed E-state index contributed by atoms with van der Waals surface area (Å²) in [7, 11) is 0. The number of aromatic nitrogens is 2. The van der Waals surface area contributed by atoms with Crippen molar-refractivity contribution in [2.45, 2.75) is 6.10 Å². The van der Waals surface area contributed by atoms with Crippen molar-refractivity contribution in [1.29, 1.82) is 5.41 Å². The number of benzene rings is 1. The number of hydrogen-bond donors (Lipinski definition) is 3. The summed E-state index contributed by atoms with van der Waals surface area (Å²) in [6.07, 6.45) is 1.97. The Morgan fingerprint density at radius 3 is 3.08 bits per heavy atom. The lowest BCUT2D eigenvalue weighted by atomic mass is 10.2. The van der Waals surface area contributed by atoms with Gasteiger partial charge in [-0.05, 0) is 29.8 Å². The van der Waals surface area contributed by atoms with E-state index in [1.54, 1.807) is 6.07 Å². The fourth-order valence-electron chi connectivity index (χ4n) is 2.49. The Labute approximate surface area is 155 Å². The minimum Gasteiger partial charge on any atom is -0.516 e. The number of aliphatic hydroxyl groups excluding tert-OH is 1. The van der Waals surface area contributed by atoms with Crippen molar-refractivity contribution < 1.29 is 19.3 Å². The number of fused-ring (bicyclic) bond motifs is 1. The number of nitrogens with zero attached hydrogens (tertiary/aromatic N) is 2. The molecule has 0 bridgehead atoms. The smallest absolute Gasteiger partial charge is 0.225 e. The monoisotopic (exact) mass is 378 g/mol. The van der Waals surface area contributed by atoms with Gasteiger partial charge in [0.2, 0.25) is 5.28 Å². The first kappa shape index (κ1) is 18.4. The number of para-hydroxylation sites is 1. The molecular weight excluding hydrogens is 360 g/mol. The van der Waals surface area contributed by atoms with Crippen LogP contribution in [0.5, 0.6) is 5.75 Å². The van der Waals surface area contributed by atoms with E-state index in [1.807, 2.05) is 12.1 Å². The Morgan fingerprint density at radius 1 is 1.42 bits per heavy atom. The van der Waals surface area contributed by atoms with Gasteiger partial charge in [0.25, 0.3) is 0 Å². The summed E-state index contributed by atoms with van der Waals surface area (Å²) < 4.78 is 16.8. The molecule has 0 saturated carbocycles. The lowest BCUT2D eigenvalue weighted by molar-refractivity contribution is -0.101. The molecule has 1 fully saturated rings. The van der Waals surface area contributed by atoms with Gasteiger partial charge in [-0.1, -0.05) is 6.07 Å². The van der Waals surface area contributed by atoms with E-state index in [4.69, 9.17) is 36.3 Å². The Kier molecular flexibility index (Phi) is 6.21. The summed E-state index contributed by atoms with van der Waals surface area (Å²) >= 11 is 6.05. The fourth-order valence-corrected chi connectivity index (χ4v) is 2.66. The van der Waals surface area contributed by atoms with Crippen molar-refractivity contribution in [3.05, 3.63) is 35.8 Å². The van der Waals surface area contributed by atoms with Gasteiger partial charge in [0.05, 0.1) is 38.3 Å².